The molecule has 3 saturated carbocycles. The van der Waals surface area contributed by atoms with Crippen LogP contribution in [0.15, 0.2) is 10.7 Å². The van der Waals surface area contributed by atoms with Gasteiger partial charge in [0.15, 0.2) is 0 Å². The minimum Gasteiger partial charge on any atom is -0.469 e. The van der Waals surface area contributed by atoms with Gasteiger partial charge in [-0.1, -0.05) is 53.6 Å². The summed E-state index contributed by atoms with van der Waals surface area (Å²) < 4.78 is 11.3. The Bertz CT molecular complexity index is 1120. The van der Waals surface area contributed by atoms with Crippen LogP contribution in [0.2, 0.25) is 0 Å². The molecule has 7 atom stereocenters. The third kappa shape index (κ3) is 3.79. The lowest BCUT2D eigenvalue weighted by atomic mass is 9.36. The number of hydrogen-bond acceptors (Lipinski definition) is 5. The van der Waals surface area contributed by atoms with Gasteiger partial charge in [-0.2, -0.15) is 0 Å². The van der Waals surface area contributed by atoms with Crippen LogP contribution in [0.25, 0.3) is 0 Å². The van der Waals surface area contributed by atoms with E-state index < -0.39 is 0 Å². The molecule has 38 heavy (non-hydrogen) atoms. The summed E-state index contributed by atoms with van der Waals surface area (Å²) in [5.74, 6) is 2.37. The molecule has 0 aromatic carbocycles. The summed E-state index contributed by atoms with van der Waals surface area (Å²) in [6.45, 7) is 18.6. The van der Waals surface area contributed by atoms with Gasteiger partial charge in [-0.25, -0.2) is 0 Å². The number of methoxy groups -OCH3 is 1. The molecular weight excluding hydrogens is 474 g/mol. The van der Waals surface area contributed by atoms with Crippen LogP contribution in [0, 0.1) is 44.8 Å². The third-order valence-corrected chi connectivity index (χ3v) is 13.1. The Morgan fingerprint density at radius 1 is 1.00 bits per heavy atom. The fraction of sp³-hybridized carbons (Fsp3) is 0.848. The van der Waals surface area contributed by atoms with Gasteiger partial charge in [0.2, 0.25) is 0 Å². The van der Waals surface area contributed by atoms with Gasteiger partial charge < -0.3 is 14.1 Å². The lowest BCUT2D eigenvalue weighted by molar-refractivity contribution is -0.194. The van der Waals surface area contributed by atoms with Crippen LogP contribution in [0.5, 0.6) is 0 Å². The maximum Gasteiger partial charge on any atom is 0.312 e. The van der Waals surface area contributed by atoms with Crippen molar-refractivity contribution in [2.75, 3.05) is 7.11 Å². The molecule has 0 saturated heterocycles. The number of rotatable bonds is 4. The minimum atomic E-state index is -0.346. The molecule has 0 aliphatic heterocycles. The Morgan fingerprint density at radius 2 is 1.68 bits per heavy atom. The standard InChI is InChI=1S/C33H51NO4/c1-21(35)16-25-31(7)17-22-20-34-38-26(22)29(4,5)24(31)10-11-32(25,8)30(6)13-15-33(27(36)37-9)14-12-28(2,3)18-23(33)19-30/h20,23-25H,10-19H2,1-9H3/t23?,24-,25+,30+,31-,32+,33-/m0/s1. The van der Waals surface area contributed by atoms with Crippen molar-refractivity contribution in [2.24, 2.45) is 44.8 Å². The average Bonchev–Trinajstić information content (AvgIpc) is 3.29. The smallest absolute Gasteiger partial charge is 0.312 e. The third-order valence-electron chi connectivity index (χ3n) is 13.1. The van der Waals surface area contributed by atoms with E-state index in [-0.39, 0.29) is 44.4 Å². The van der Waals surface area contributed by atoms with Crippen LogP contribution in [0.1, 0.15) is 125 Å². The van der Waals surface area contributed by atoms with E-state index in [0.29, 0.717) is 24.0 Å². The molecule has 4 aliphatic rings. The molecule has 5 rings (SSSR count). The number of nitrogens with zero attached hydrogens (tertiary/aromatic N) is 1. The minimum absolute atomic E-state index is 0.00145. The second-order valence-electron chi connectivity index (χ2n) is 16.0. The molecule has 1 heterocycles. The molecule has 212 valence electrons. The molecule has 3 fully saturated rings. The fourth-order valence-corrected chi connectivity index (χ4v) is 10.9. The number of carbonyl (C=O) groups is 2. The van der Waals surface area contributed by atoms with Crippen molar-refractivity contribution in [3.8, 4) is 0 Å². The van der Waals surface area contributed by atoms with Gasteiger partial charge in [0, 0.05) is 17.4 Å². The molecule has 5 nitrogen and oxygen atoms in total. The average molecular weight is 526 g/mol. The zero-order valence-corrected chi connectivity index (χ0v) is 25.5. The topological polar surface area (TPSA) is 69.4 Å². The number of hydrogen-bond donors (Lipinski definition) is 0. The summed E-state index contributed by atoms with van der Waals surface area (Å²) in [6, 6.07) is 0. The molecule has 1 unspecified atom stereocenters. The highest BCUT2D eigenvalue weighted by Gasteiger charge is 2.67. The number of fused-ring (bicyclic) bond motifs is 3. The van der Waals surface area contributed by atoms with Crippen LogP contribution < -0.4 is 0 Å². The summed E-state index contributed by atoms with van der Waals surface area (Å²) in [4.78, 5) is 26.3. The Hall–Kier alpha value is -1.65. The number of carbonyl (C=O) groups excluding carboxylic acids is 2. The monoisotopic (exact) mass is 525 g/mol. The Kier molecular flexibility index (Phi) is 6.37. The van der Waals surface area contributed by atoms with Crippen LogP contribution >= 0.6 is 0 Å². The molecule has 0 bridgehead atoms. The SMILES string of the molecule is COC(=O)[C@]12CCC(C)(C)CC1C[C@](C)([C@]1(C)CC[C@H]3C(C)(C)c4oncc4C[C@]3(C)[C@H]1CC(C)=O)CC2. The molecule has 0 amide bonds. The highest BCUT2D eigenvalue weighted by Crippen LogP contribution is 2.72. The molecule has 5 heteroatoms. The number of aromatic nitrogens is 1. The highest BCUT2D eigenvalue weighted by molar-refractivity contribution is 5.78. The van der Waals surface area contributed by atoms with Gasteiger partial charge in [-0.05, 0) is 104 Å². The van der Waals surface area contributed by atoms with Crippen molar-refractivity contribution in [3.05, 3.63) is 17.5 Å². The van der Waals surface area contributed by atoms with Crippen LogP contribution in [0.4, 0.5) is 0 Å². The first-order chi connectivity index (χ1) is 17.5. The maximum atomic E-state index is 13.3. The Labute approximate surface area is 230 Å². The number of Topliss-reactive ketones (excluding diaryl/α,β-unsaturated/α-hetero) is 1. The fourth-order valence-electron chi connectivity index (χ4n) is 10.9. The van der Waals surface area contributed by atoms with Crippen molar-refractivity contribution in [2.45, 2.75) is 125 Å². The zero-order valence-electron chi connectivity index (χ0n) is 25.5. The first-order valence-corrected chi connectivity index (χ1v) is 15.1. The molecule has 0 spiro atoms. The largest absolute Gasteiger partial charge is 0.469 e. The van der Waals surface area contributed by atoms with Gasteiger partial charge in [0.25, 0.3) is 0 Å². The lowest BCUT2D eigenvalue weighted by Gasteiger charge is -2.68. The van der Waals surface area contributed by atoms with Crippen LogP contribution in [-0.2, 0) is 26.2 Å². The van der Waals surface area contributed by atoms with E-state index in [1.807, 2.05) is 6.20 Å². The van der Waals surface area contributed by atoms with E-state index in [4.69, 9.17) is 9.26 Å². The molecule has 0 radical (unpaired) electrons. The number of esters is 1. The first kappa shape index (κ1) is 27.9. The summed E-state index contributed by atoms with van der Waals surface area (Å²) in [7, 11) is 1.57. The van der Waals surface area contributed by atoms with E-state index in [2.05, 4.69) is 53.6 Å². The summed E-state index contributed by atoms with van der Waals surface area (Å²) in [5, 5.41) is 4.22. The van der Waals surface area contributed by atoms with E-state index in [1.165, 1.54) is 5.56 Å². The van der Waals surface area contributed by atoms with E-state index >= 15 is 0 Å². The van der Waals surface area contributed by atoms with Gasteiger partial charge in [0.1, 0.15) is 11.5 Å². The molecule has 1 aromatic rings. The maximum absolute atomic E-state index is 13.3. The normalized spacial score (nSPS) is 43.3. The van der Waals surface area contributed by atoms with E-state index in [9.17, 15) is 9.59 Å². The second kappa shape index (κ2) is 8.67. The van der Waals surface area contributed by atoms with Gasteiger partial charge in [-0.3, -0.25) is 4.79 Å². The molecule has 4 aliphatic carbocycles. The van der Waals surface area contributed by atoms with E-state index in [1.54, 1.807) is 14.0 Å². The van der Waals surface area contributed by atoms with Crippen molar-refractivity contribution in [1.29, 1.82) is 0 Å². The molecular formula is C33H51NO4. The summed E-state index contributed by atoms with van der Waals surface area (Å²) >= 11 is 0. The highest BCUT2D eigenvalue weighted by atomic mass is 16.5. The van der Waals surface area contributed by atoms with Crippen molar-refractivity contribution in [1.82, 2.24) is 5.16 Å². The van der Waals surface area contributed by atoms with Gasteiger partial charge in [-0.15, -0.1) is 0 Å². The number of ketones is 1. The zero-order chi connectivity index (χ0) is 27.9. The van der Waals surface area contributed by atoms with Crippen LogP contribution in [0.3, 0.4) is 0 Å². The van der Waals surface area contributed by atoms with Crippen molar-refractivity contribution >= 4 is 11.8 Å². The predicted octanol–water partition coefficient (Wildman–Crippen LogP) is 7.70. The predicted molar refractivity (Wildman–Crippen MR) is 148 cm³/mol. The van der Waals surface area contributed by atoms with Crippen LogP contribution in [-0.4, -0.2) is 24.0 Å². The van der Waals surface area contributed by atoms with Crippen molar-refractivity contribution < 1.29 is 18.8 Å². The molecule has 1 aromatic heterocycles. The van der Waals surface area contributed by atoms with Crippen molar-refractivity contribution in [3.63, 3.8) is 0 Å². The van der Waals surface area contributed by atoms with E-state index in [0.717, 1.165) is 63.5 Å². The number of ether oxygens (including phenoxy) is 1. The summed E-state index contributed by atoms with van der Waals surface area (Å²) in [6.07, 6.45) is 11.8. The second-order valence-corrected chi connectivity index (χ2v) is 16.0. The Morgan fingerprint density at radius 3 is 2.34 bits per heavy atom. The molecule has 0 N–H and O–H groups in total. The quantitative estimate of drug-likeness (QED) is 0.377. The summed E-state index contributed by atoms with van der Waals surface area (Å²) in [5.41, 5.74) is 1.03. The first-order valence-electron chi connectivity index (χ1n) is 15.1. The van der Waals surface area contributed by atoms with Gasteiger partial charge in [0.05, 0.1) is 18.7 Å². The van der Waals surface area contributed by atoms with Gasteiger partial charge >= 0.3 is 5.97 Å². The Balaban J connectivity index is 1.57. The lowest BCUT2D eigenvalue weighted by Crippen LogP contribution is -2.63.